The highest BCUT2D eigenvalue weighted by Gasteiger charge is 2.29. The molecule has 3 aromatic rings. The van der Waals surface area contributed by atoms with Gasteiger partial charge in [-0.15, -0.1) is 10.2 Å². The summed E-state index contributed by atoms with van der Waals surface area (Å²) in [5.41, 5.74) is 0.939. The maximum absolute atomic E-state index is 13.4. The maximum Gasteiger partial charge on any atom is 0.283 e. The van der Waals surface area contributed by atoms with Gasteiger partial charge in [-0.1, -0.05) is 19.4 Å². The van der Waals surface area contributed by atoms with Crippen molar-refractivity contribution >= 4 is 15.9 Å². The molecule has 10 heteroatoms. The summed E-state index contributed by atoms with van der Waals surface area (Å²) in [4.78, 5) is 15.1. The van der Waals surface area contributed by atoms with Gasteiger partial charge in [0.1, 0.15) is 0 Å². The van der Waals surface area contributed by atoms with E-state index in [-0.39, 0.29) is 29.1 Å². The molecule has 2 aromatic heterocycles. The first-order valence-corrected chi connectivity index (χ1v) is 12.6. The lowest BCUT2D eigenvalue weighted by Gasteiger charge is -2.27. The lowest BCUT2D eigenvalue weighted by Crippen LogP contribution is -2.36. The number of sulfonamides is 1. The molecule has 176 valence electrons. The molecule has 0 atom stereocenters. The summed E-state index contributed by atoms with van der Waals surface area (Å²) in [6.07, 6.45) is 4.97. The summed E-state index contributed by atoms with van der Waals surface area (Å²) in [6, 6.07) is 8.28. The Morgan fingerprint density at radius 1 is 1.15 bits per heavy atom. The smallest absolute Gasteiger partial charge is 0.283 e. The van der Waals surface area contributed by atoms with Crippen molar-refractivity contribution in [1.29, 1.82) is 0 Å². The van der Waals surface area contributed by atoms with Crippen LogP contribution in [0, 0.1) is 6.92 Å². The topological polar surface area (TPSA) is 110 Å². The van der Waals surface area contributed by atoms with Crippen LogP contribution in [0.3, 0.4) is 0 Å². The van der Waals surface area contributed by atoms with Gasteiger partial charge in [0, 0.05) is 25.2 Å². The van der Waals surface area contributed by atoms with E-state index in [9.17, 15) is 13.2 Å². The Morgan fingerprint density at radius 3 is 2.64 bits per heavy atom. The highest BCUT2D eigenvalue weighted by Crippen LogP contribution is 2.25. The minimum Gasteiger partial charge on any atom is -0.459 e. The predicted molar refractivity (Wildman–Crippen MR) is 121 cm³/mol. The highest BCUT2D eigenvalue weighted by atomic mass is 32.2. The first-order valence-electron chi connectivity index (χ1n) is 11.2. The van der Waals surface area contributed by atoms with Crippen LogP contribution < -0.4 is 0 Å². The molecule has 3 heterocycles. The van der Waals surface area contributed by atoms with Crippen molar-refractivity contribution < 1.29 is 22.0 Å². The first-order chi connectivity index (χ1) is 15.9. The van der Waals surface area contributed by atoms with E-state index in [2.05, 4.69) is 10.2 Å². The Morgan fingerprint density at radius 2 is 1.94 bits per heavy atom. The van der Waals surface area contributed by atoms with E-state index < -0.39 is 10.0 Å². The van der Waals surface area contributed by atoms with E-state index in [0.29, 0.717) is 36.5 Å². The van der Waals surface area contributed by atoms with Crippen LogP contribution in [0.4, 0.5) is 0 Å². The number of carbonyl (C=O) groups excluding carboxylic acids is 1. The molecular weight excluding hydrogens is 444 g/mol. The minimum atomic E-state index is -3.66. The summed E-state index contributed by atoms with van der Waals surface area (Å²) in [5.74, 6) is 0.679. The van der Waals surface area contributed by atoms with Crippen LogP contribution in [0.25, 0.3) is 11.7 Å². The highest BCUT2D eigenvalue weighted by molar-refractivity contribution is 7.89. The van der Waals surface area contributed by atoms with Gasteiger partial charge in [-0.05, 0) is 56.0 Å². The van der Waals surface area contributed by atoms with Gasteiger partial charge in [-0.3, -0.25) is 4.79 Å². The Kier molecular flexibility index (Phi) is 6.94. The molecule has 0 spiro atoms. The standard InChI is InChI=1S/C23H28N4O5S/c1-3-11-26(16-21-24-25-22(32-21)19-8-7-14-31-19)23(28)18-10-9-17(2)20(15-18)33(29,30)27-12-5-4-6-13-27/h7-10,14-15H,3-6,11-13,16H2,1-2H3. The third kappa shape index (κ3) is 5.01. The zero-order chi connectivity index (χ0) is 23.4. The SMILES string of the molecule is CCCN(Cc1nnc(-c2ccco2)o1)C(=O)c1ccc(C)c(S(=O)(=O)N2CCCCC2)c1. The number of aryl methyl sites for hydroxylation is 1. The van der Waals surface area contributed by atoms with Crippen molar-refractivity contribution in [2.45, 2.75) is 51.0 Å². The molecular formula is C23H28N4O5S. The van der Waals surface area contributed by atoms with E-state index in [0.717, 1.165) is 25.7 Å². The van der Waals surface area contributed by atoms with Crippen LogP contribution in [-0.4, -0.2) is 53.4 Å². The van der Waals surface area contributed by atoms with Crippen LogP contribution in [0.5, 0.6) is 0 Å². The molecule has 1 aliphatic rings. The van der Waals surface area contributed by atoms with Crippen LogP contribution >= 0.6 is 0 Å². The van der Waals surface area contributed by atoms with Gasteiger partial charge in [-0.25, -0.2) is 8.42 Å². The van der Waals surface area contributed by atoms with E-state index in [1.54, 1.807) is 36.1 Å². The maximum atomic E-state index is 13.4. The molecule has 0 radical (unpaired) electrons. The zero-order valence-electron chi connectivity index (χ0n) is 18.9. The summed E-state index contributed by atoms with van der Waals surface area (Å²) < 4.78 is 38.9. The minimum absolute atomic E-state index is 0.114. The normalized spacial score (nSPS) is 15.0. The van der Waals surface area contributed by atoms with Crippen molar-refractivity contribution in [3.63, 3.8) is 0 Å². The van der Waals surface area contributed by atoms with Crippen molar-refractivity contribution in [1.82, 2.24) is 19.4 Å². The molecule has 1 saturated heterocycles. The Bertz CT molecular complexity index is 1200. The fourth-order valence-electron chi connectivity index (χ4n) is 3.94. The average Bonchev–Trinajstić information content (AvgIpc) is 3.51. The second-order valence-corrected chi connectivity index (χ2v) is 10.1. The second kappa shape index (κ2) is 9.88. The summed E-state index contributed by atoms with van der Waals surface area (Å²) in [7, 11) is -3.66. The predicted octanol–water partition coefficient (Wildman–Crippen LogP) is 3.87. The summed E-state index contributed by atoms with van der Waals surface area (Å²) in [6.45, 7) is 5.31. The lowest BCUT2D eigenvalue weighted by molar-refractivity contribution is 0.0728. The quantitative estimate of drug-likeness (QED) is 0.489. The summed E-state index contributed by atoms with van der Waals surface area (Å²) >= 11 is 0. The zero-order valence-corrected chi connectivity index (χ0v) is 19.7. The molecule has 33 heavy (non-hydrogen) atoms. The molecule has 1 fully saturated rings. The van der Waals surface area contributed by atoms with Crippen molar-refractivity contribution in [2.75, 3.05) is 19.6 Å². The number of rotatable bonds is 8. The number of hydrogen-bond acceptors (Lipinski definition) is 7. The molecule has 9 nitrogen and oxygen atoms in total. The summed E-state index contributed by atoms with van der Waals surface area (Å²) in [5, 5.41) is 8.01. The van der Waals surface area contributed by atoms with Crippen LogP contribution in [0.1, 0.15) is 54.4 Å². The van der Waals surface area contributed by atoms with Crippen molar-refractivity contribution in [2.24, 2.45) is 0 Å². The van der Waals surface area contributed by atoms with E-state index in [1.807, 2.05) is 6.92 Å². The second-order valence-electron chi connectivity index (χ2n) is 8.15. The number of nitrogens with zero attached hydrogens (tertiary/aromatic N) is 4. The molecule has 0 N–H and O–H groups in total. The monoisotopic (exact) mass is 472 g/mol. The average molecular weight is 473 g/mol. The Labute approximate surface area is 193 Å². The van der Waals surface area contributed by atoms with Gasteiger partial charge in [0.25, 0.3) is 11.8 Å². The van der Waals surface area contributed by atoms with Crippen LogP contribution in [0.15, 0.2) is 50.3 Å². The van der Waals surface area contributed by atoms with Gasteiger partial charge in [-0.2, -0.15) is 4.31 Å². The van der Waals surface area contributed by atoms with E-state index in [4.69, 9.17) is 8.83 Å². The molecule has 1 aliphatic heterocycles. The van der Waals surface area contributed by atoms with Crippen molar-refractivity contribution in [3.8, 4) is 11.7 Å². The van der Waals surface area contributed by atoms with Crippen molar-refractivity contribution in [3.05, 3.63) is 53.6 Å². The molecule has 0 saturated carbocycles. The fourth-order valence-corrected chi connectivity index (χ4v) is 5.71. The molecule has 0 bridgehead atoms. The molecule has 1 amide bonds. The first kappa shape index (κ1) is 23.2. The number of hydrogen-bond donors (Lipinski definition) is 0. The molecule has 0 aliphatic carbocycles. The fraction of sp³-hybridized carbons (Fsp3) is 0.435. The lowest BCUT2D eigenvalue weighted by atomic mass is 10.1. The van der Waals surface area contributed by atoms with Crippen LogP contribution in [0.2, 0.25) is 0 Å². The number of carbonyl (C=O) groups is 1. The molecule has 1 aromatic carbocycles. The van der Waals surface area contributed by atoms with E-state index >= 15 is 0 Å². The van der Waals surface area contributed by atoms with Gasteiger partial charge in [0.2, 0.25) is 15.9 Å². The number of benzene rings is 1. The molecule has 4 rings (SSSR count). The van der Waals surface area contributed by atoms with Gasteiger partial charge < -0.3 is 13.7 Å². The van der Waals surface area contributed by atoms with Crippen LogP contribution in [-0.2, 0) is 16.6 Å². The third-order valence-corrected chi connectivity index (χ3v) is 7.71. The number of furan rings is 1. The Hall–Kier alpha value is -2.98. The van der Waals surface area contributed by atoms with Gasteiger partial charge >= 0.3 is 0 Å². The third-order valence-electron chi connectivity index (χ3n) is 5.67. The number of piperidine rings is 1. The largest absolute Gasteiger partial charge is 0.459 e. The molecule has 0 unspecified atom stereocenters. The van der Waals surface area contributed by atoms with Gasteiger partial charge in [0.15, 0.2) is 5.76 Å². The van der Waals surface area contributed by atoms with Gasteiger partial charge in [0.05, 0.1) is 17.7 Å². The number of aromatic nitrogens is 2. The van der Waals surface area contributed by atoms with E-state index in [1.165, 1.54) is 16.6 Å². The Balaban J connectivity index is 1.58. The number of amides is 1.